The van der Waals surface area contributed by atoms with Crippen molar-refractivity contribution in [3.63, 3.8) is 0 Å². The molecule has 2 amide bonds. The minimum absolute atomic E-state index is 0.212. The minimum atomic E-state index is -0.630. The Morgan fingerprint density at radius 2 is 1.14 bits per heavy atom. The lowest BCUT2D eigenvalue weighted by atomic mass is 10.2. The van der Waals surface area contributed by atoms with Crippen LogP contribution in [-0.4, -0.2) is 33.4 Å². The van der Waals surface area contributed by atoms with Gasteiger partial charge in [0.2, 0.25) is 0 Å². The standard InChI is InChI=1S/C14H22N4O4/c1-13(2,3)21-11(19)17-9-7-16-10(8-15-9)18-12(20)22-14(4,5)6/h7-8H,1-6H3,(H,15,17,19)(H,16,18,20). The number of hydrogen-bond donors (Lipinski definition) is 2. The van der Waals surface area contributed by atoms with Gasteiger partial charge in [0.1, 0.15) is 11.2 Å². The van der Waals surface area contributed by atoms with Gasteiger partial charge in [-0.2, -0.15) is 0 Å². The van der Waals surface area contributed by atoms with Gasteiger partial charge in [-0.3, -0.25) is 10.6 Å². The van der Waals surface area contributed by atoms with Gasteiger partial charge in [-0.25, -0.2) is 19.6 Å². The number of amides is 2. The maximum atomic E-state index is 11.6. The molecule has 0 atom stereocenters. The number of carbonyl (C=O) groups excluding carboxylic acids is 2. The Morgan fingerprint density at radius 3 is 1.36 bits per heavy atom. The number of aromatic nitrogens is 2. The van der Waals surface area contributed by atoms with E-state index in [1.807, 2.05) is 0 Å². The second kappa shape index (κ2) is 6.59. The molecule has 0 bridgehead atoms. The molecule has 0 fully saturated rings. The second-order valence-electron chi connectivity index (χ2n) is 6.54. The first kappa shape index (κ1) is 17.7. The summed E-state index contributed by atoms with van der Waals surface area (Å²) in [4.78, 5) is 31.0. The Bertz CT molecular complexity index is 480. The summed E-state index contributed by atoms with van der Waals surface area (Å²) in [5.41, 5.74) is -1.20. The molecular weight excluding hydrogens is 288 g/mol. The molecule has 8 heteroatoms. The molecule has 0 radical (unpaired) electrons. The van der Waals surface area contributed by atoms with E-state index in [1.165, 1.54) is 12.4 Å². The van der Waals surface area contributed by atoms with Crippen LogP contribution in [0.3, 0.4) is 0 Å². The number of nitrogens with zero attached hydrogens (tertiary/aromatic N) is 2. The van der Waals surface area contributed by atoms with E-state index in [0.29, 0.717) is 0 Å². The molecule has 1 aromatic heterocycles. The molecular formula is C14H22N4O4. The van der Waals surface area contributed by atoms with Gasteiger partial charge in [0.25, 0.3) is 0 Å². The lowest BCUT2D eigenvalue weighted by Gasteiger charge is -2.20. The summed E-state index contributed by atoms with van der Waals surface area (Å²) >= 11 is 0. The third-order valence-electron chi connectivity index (χ3n) is 1.91. The van der Waals surface area contributed by atoms with Crippen LogP contribution in [0, 0.1) is 0 Å². The number of hydrogen-bond acceptors (Lipinski definition) is 6. The normalized spacial score (nSPS) is 11.5. The third kappa shape index (κ3) is 7.41. The predicted octanol–water partition coefficient (Wildman–Crippen LogP) is 3.17. The first-order chi connectivity index (χ1) is 9.94. The molecule has 0 aliphatic rings. The Kier molecular flexibility index (Phi) is 5.29. The molecule has 1 aromatic rings. The quantitative estimate of drug-likeness (QED) is 0.869. The molecule has 122 valence electrons. The number of anilines is 2. The van der Waals surface area contributed by atoms with E-state index in [9.17, 15) is 9.59 Å². The van der Waals surface area contributed by atoms with Crippen LogP contribution >= 0.6 is 0 Å². The van der Waals surface area contributed by atoms with E-state index >= 15 is 0 Å². The van der Waals surface area contributed by atoms with Crippen LogP contribution in [0.2, 0.25) is 0 Å². The van der Waals surface area contributed by atoms with Crippen LogP contribution < -0.4 is 10.6 Å². The first-order valence-electron chi connectivity index (χ1n) is 6.77. The monoisotopic (exact) mass is 310 g/mol. The van der Waals surface area contributed by atoms with Gasteiger partial charge >= 0.3 is 12.2 Å². The van der Waals surface area contributed by atoms with Crippen LogP contribution in [0.25, 0.3) is 0 Å². The zero-order valence-corrected chi connectivity index (χ0v) is 13.7. The average molecular weight is 310 g/mol. The lowest BCUT2D eigenvalue weighted by Crippen LogP contribution is -2.28. The molecule has 0 unspecified atom stereocenters. The smallest absolute Gasteiger partial charge is 0.413 e. The highest BCUT2D eigenvalue weighted by Crippen LogP contribution is 2.12. The van der Waals surface area contributed by atoms with E-state index < -0.39 is 23.4 Å². The van der Waals surface area contributed by atoms with Crippen molar-refractivity contribution in [1.82, 2.24) is 9.97 Å². The van der Waals surface area contributed by atoms with Gasteiger partial charge in [0.15, 0.2) is 11.6 Å². The third-order valence-corrected chi connectivity index (χ3v) is 1.91. The number of carbonyl (C=O) groups is 2. The SMILES string of the molecule is CC(C)(C)OC(=O)Nc1cnc(NC(=O)OC(C)(C)C)cn1. The Balaban J connectivity index is 2.56. The molecule has 0 aliphatic heterocycles. The van der Waals surface area contributed by atoms with E-state index in [2.05, 4.69) is 20.6 Å². The van der Waals surface area contributed by atoms with Crippen molar-refractivity contribution >= 4 is 23.8 Å². The lowest BCUT2D eigenvalue weighted by molar-refractivity contribution is 0.0623. The van der Waals surface area contributed by atoms with Gasteiger partial charge in [-0.1, -0.05) is 0 Å². The van der Waals surface area contributed by atoms with Crippen molar-refractivity contribution in [2.45, 2.75) is 52.7 Å². The fourth-order valence-corrected chi connectivity index (χ4v) is 1.27. The minimum Gasteiger partial charge on any atom is -0.444 e. The summed E-state index contributed by atoms with van der Waals surface area (Å²) in [7, 11) is 0. The van der Waals surface area contributed by atoms with Crippen molar-refractivity contribution in [3.05, 3.63) is 12.4 Å². The van der Waals surface area contributed by atoms with Gasteiger partial charge < -0.3 is 9.47 Å². The Morgan fingerprint density at radius 1 is 0.818 bits per heavy atom. The summed E-state index contributed by atoms with van der Waals surface area (Å²) in [6.07, 6.45) is 1.34. The van der Waals surface area contributed by atoms with Crippen molar-refractivity contribution in [3.8, 4) is 0 Å². The fourth-order valence-electron chi connectivity index (χ4n) is 1.27. The Hall–Kier alpha value is -2.38. The molecule has 0 aliphatic carbocycles. The van der Waals surface area contributed by atoms with Crippen LogP contribution in [-0.2, 0) is 9.47 Å². The van der Waals surface area contributed by atoms with Crippen molar-refractivity contribution in [2.24, 2.45) is 0 Å². The maximum absolute atomic E-state index is 11.6. The highest BCUT2D eigenvalue weighted by Gasteiger charge is 2.18. The highest BCUT2D eigenvalue weighted by molar-refractivity contribution is 5.85. The van der Waals surface area contributed by atoms with Crippen LogP contribution in [0.5, 0.6) is 0 Å². The van der Waals surface area contributed by atoms with Crippen molar-refractivity contribution in [1.29, 1.82) is 0 Å². The van der Waals surface area contributed by atoms with E-state index in [-0.39, 0.29) is 11.6 Å². The summed E-state index contributed by atoms with van der Waals surface area (Å²) in [6, 6.07) is 0. The molecule has 8 nitrogen and oxygen atoms in total. The zero-order chi connectivity index (χ0) is 17.0. The summed E-state index contributed by atoms with van der Waals surface area (Å²) < 4.78 is 10.2. The number of nitrogens with one attached hydrogen (secondary N) is 2. The fraction of sp³-hybridized carbons (Fsp3) is 0.571. The van der Waals surface area contributed by atoms with Crippen LogP contribution in [0.15, 0.2) is 12.4 Å². The zero-order valence-electron chi connectivity index (χ0n) is 13.7. The average Bonchev–Trinajstić information content (AvgIpc) is 2.26. The van der Waals surface area contributed by atoms with Gasteiger partial charge in [-0.05, 0) is 41.5 Å². The summed E-state index contributed by atoms with van der Waals surface area (Å²) in [6.45, 7) is 10.5. The topological polar surface area (TPSA) is 102 Å². The molecule has 0 saturated heterocycles. The van der Waals surface area contributed by atoms with E-state index in [0.717, 1.165) is 0 Å². The largest absolute Gasteiger partial charge is 0.444 e. The Labute approximate surface area is 129 Å². The second-order valence-corrected chi connectivity index (χ2v) is 6.54. The van der Waals surface area contributed by atoms with E-state index in [4.69, 9.17) is 9.47 Å². The van der Waals surface area contributed by atoms with Crippen molar-refractivity contribution in [2.75, 3.05) is 10.6 Å². The van der Waals surface area contributed by atoms with Crippen molar-refractivity contribution < 1.29 is 19.1 Å². The van der Waals surface area contributed by atoms with Crippen LogP contribution in [0.4, 0.5) is 21.2 Å². The molecule has 1 rings (SSSR count). The molecule has 1 heterocycles. The summed E-state index contributed by atoms with van der Waals surface area (Å²) in [5.74, 6) is 0.424. The molecule has 2 N–H and O–H groups in total. The molecule has 0 saturated carbocycles. The molecule has 0 spiro atoms. The van der Waals surface area contributed by atoms with Gasteiger partial charge in [0.05, 0.1) is 12.4 Å². The van der Waals surface area contributed by atoms with Gasteiger partial charge in [-0.15, -0.1) is 0 Å². The van der Waals surface area contributed by atoms with Gasteiger partial charge in [0, 0.05) is 0 Å². The highest BCUT2D eigenvalue weighted by atomic mass is 16.6. The molecule has 22 heavy (non-hydrogen) atoms. The first-order valence-corrected chi connectivity index (χ1v) is 6.77. The van der Waals surface area contributed by atoms with Crippen LogP contribution in [0.1, 0.15) is 41.5 Å². The van der Waals surface area contributed by atoms with E-state index in [1.54, 1.807) is 41.5 Å². The number of ether oxygens (including phenoxy) is 2. The summed E-state index contributed by atoms with van der Waals surface area (Å²) in [5, 5.41) is 4.88. The maximum Gasteiger partial charge on any atom is 0.413 e. The predicted molar refractivity (Wildman–Crippen MR) is 81.7 cm³/mol. The molecule has 0 aromatic carbocycles. The number of rotatable bonds is 2.